The Kier molecular flexibility index (Phi) is 6.33. The molecule has 1 aliphatic rings. The molecule has 4 heteroatoms. The van der Waals surface area contributed by atoms with Crippen LogP contribution in [0.3, 0.4) is 0 Å². The maximum Gasteiger partial charge on any atom is 0.161 e. The van der Waals surface area contributed by atoms with Crippen molar-refractivity contribution in [1.82, 2.24) is 4.90 Å². The largest absolute Gasteiger partial charge is 0.490 e. The average molecular weight is 292 g/mol. The van der Waals surface area contributed by atoms with Crippen molar-refractivity contribution in [2.75, 3.05) is 32.8 Å². The Labute approximate surface area is 128 Å². The summed E-state index contributed by atoms with van der Waals surface area (Å²) in [7, 11) is 0. The molecule has 1 fully saturated rings. The van der Waals surface area contributed by atoms with Crippen LogP contribution >= 0.6 is 0 Å². The first-order valence-corrected chi connectivity index (χ1v) is 8.03. The Morgan fingerprint density at radius 2 is 2.00 bits per heavy atom. The normalized spacial score (nSPS) is 21.0. The fourth-order valence-electron chi connectivity index (χ4n) is 2.85. The Morgan fingerprint density at radius 1 is 1.29 bits per heavy atom. The maximum atomic E-state index is 6.03. The third-order valence-electron chi connectivity index (χ3n) is 4.10. The van der Waals surface area contributed by atoms with E-state index in [0.29, 0.717) is 19.1 Å². The Hall–Kier alpha value is -1.26. The molecule has 1 aliphatic heterocycles. The monoisotopic (exact) mass is 292 g/mol. The molecule has 1 saturated heterocycles. The van der Waals surface area contributed by atoms with Gasteiger partial charge in [0.15, 0.2) is 11.5 Å². The van der Waals surface area contributed by atoms with Crippen LogP contribution in [0.5, 0.6) is 11.5 Å². The highest BCUT2D eigenvalue weighted by Crippen LogP contribution is 2.26. The van der Waals surface area contributed by atoms with Crippen LogP contribution in [0, 0.1) is 5.92 Å². The van der Waals surface area contributed by atoms with Gasteiger partial charge in [0, 0.05) is 19.1 Å². The summed E-state index contributed by atoms with van der Waals surface area (Å²) < 4.78 is 11.5. The maximum absolute atomic E-state index is 6.03. The zero-order chi connectivity index (χ0) is 15.1. The molecule has 4 nitrogen and oxygen atoms in total. The van der Waals surface area contributed by atoms with Gasteiger partial charge in [-0.25, -0.2) is 0 Å². The van der Waals surface area contributed by atoms with Crippen LogP contribution < -0.4 is 15.2 Å². The molecule has 0 spiro atoms. The van der Waals surface area contributed by atoms with Gasteiger partial charge in [0.05, 0.1) is 6.61 Å². The SMILES string of the molecule is CCOc1ccccc1OCCN1CCCC(C(C)N)C1. The molecule has 1 aromatic carbocycles. The van der Waals surface area contributed by atoms with E-state index >= 15 is 0 Å². The van der Waals surface area contributed by atoms with Gasteiger partial charge in [-0.1, -0.05) is 12.1 Å². The molecule has 0 saturated carbocycles. The fraction of sp³-hybridized carbons (Fsp3) is 0.647. The molecular formula is C17H28N2O2. The lowest BCUT2D eigenvalue weighted by atomic mass is 9.92. The fourth-order valence-corrected chi connectivity index (χ4v) is 2.85. The van der Waals surface area contributed by atoms with Crippen LogP contribution in [0.4, 0.5) is 0 Å². The highest BCUT2D eigenvalue weighted by molar-refractivity contribution is 5.39. The number of benzene rings is 1. The second-order valence-electron chi connectivity index (χ2n) is 5.79. The van der Waals surface area contributed by atoms with Crippen LogP contribution in [0.25, 0.3) is 0 Å². The molecule has 21 heavy (non-hydrogen) atoms. The quantitative estimate of drug-likeness (QED) is 0.839. The number of nitrogens with zero attached hydrogens (tertiary/aromatic N) is 1. The summed E-state index contributed by atoms with van der Waals surface area (Å²) in [5, 5.41) is 0. The average Bonchev–Trinajstić information content (AvgIpc) is 2.49. The Morgan fingerprint density at radius 3 is 2.67 bits per heavy atom. The lowest BCUT2D eigenvalue weighted by Gasteiger charge is -2.34. The van der Waals surface area contributed by atoms with Crippen LogP contribution in [-0.2, 0) is 0 Å². The molecule has 1 heterocycles. The van der Waals surface area contributed by atoms with Crippen molar-refractivity contribution < 1.29 is 9.47 Å². The van der Waals surface area contributed by atoms with E-state index in [9.17, 15) is 0 Å². The van der Waals surface area contributed by atoms with Crippen LogP contribution in [0.2, 0.25) is 0 Å². The Balaban J connectivity index is 1.79. The minimum Gasteiger partial charge on any atom is -0.490 e. The van der Waals surface area contributed by atoms with Gasteiger partial charge < -0.3 is 15.2 Å². The molecule has 0 bridgehead atoms. The number of likely N-dealkylation sites (tertiary alicyclic amines) is 1. The molecule has 0 radical (unpaired) electrons. The van der Waals surface area contributed by atoms with E-state index in [-0.39, 0.29) is 6.04 Å². The lowest BCUT2D eigenvalue weighted by molar-refractivity contribution is 0.136. The highest BCUT2D eigenvalue weighted by atomic mass is 16.5. The minimum absolute atomic E-state index is 0.285. The third-order valence-corrected chi connectivity index (χ3v) is 4.10. The van der Waals surface area contributed by atoms with Gasteiger partial charge in [-0.3, -0.25) is 4.90 Å². The van der Waals surface area contributed by atoms with E-state index in [1.165, 1.54) is 12.8 Å². The molecule has 0 aliphatic carbocycles. The number of nitrogens with two attached hydrogens (primary N) is 1. The topological polar surface area (TPSA) is 47.7 Å². The number of rotatable bonds is 7. The summed E-state index contributed by atoms with van der Waals surface area (Å²) in [6, 6.07) is 8.14. The molecule has 2 rings (SSSR count). The number of piperidine rings is 1. The van der Waals surface area contributed by atoms with Crippen molar-refractivity contribution in [1.29, 1.82) is 0 Å². The molecular weight excluding hydrogens is 264 g/mol. The standard InChI is InChI=1S/C17H28N2O2/c1-3-20-16-8-4-5-9-17(16)21-12-11-19-10-6-7-15(13-19)14(2)18/h4-5,8-9,14-15H,3,6-7,10-13,18H2,1-2H3. The zero-order valence-electron chi connectivity index (χ0n) is 13.3. The second-order valence-corrected chi connectivity index (χ2v) is 5.79. The van der Waals surface area contributed by atoms with Gasteiger partial charge in [-0.2, -0.15) is 0 Å². The van der Waals surface area contributed by atoms with Crippen molar-refractivity contribution in [3.8, 4) is 11.5 Å². The highest BCUT2D eigenvalue weighted by Gasteiger charge is 2.22. The van der Waals surface area contributed by atoms with E-state index in [1.807, 2.05) is 31.2 Å². The number of para-hydroxylation sites is 2. The Bertz CT molecular complexity index is 423. The lowest BCUT2D eigenvalue weighted by Crippen LogP contribution is -2.43. The third kappa shape index (κ3) is 4.90. The summed E-state index contributed by atoms with van der Waals surface area (Å²) in [5.74, 6) is 2.28. The molecule has 2 atom stereocenters. The van der Waals surface area contributed by atoms with Gasteiger partial charge in [-0.05, 0) is 51.3 Å². The minimum atomic E-state index is 0.285. The number of hydrogen-bond acceptors (Lipinski definition) is 4. The van der Waals surface area contributed by atoms with Crippen molar-refractivity contribution >= 4 is 0 Å². The zero-order valence-corrected chi connectivity index (χ0v) is 13.3. The van der Waals surface area contributed by atoms with Crippen molar-refractivity contribution in [2.24, 2.45) is 11.7 Å². The number of hydrogen-bond donors (Lipinski definition) is 1. The molecule has 2 N–H and O–H groups in total. The van der Waals surface area contributed by atoms with Gasteiger partial charge in [0.1, 0.15) is 6.61 Å². The van der Waals surface area contributed by atoms with Crippen molar-refractivity contribution in [3.05, 3.63) is 24.3 Å². The van der Waals surface area contributed by atoms with Crippen molar-refractivity contribution in [2.45, 2.75) is 32.7 Å². The second kappa shape index (κ2) is 8.25. The molecule has 2 unspecified atom stereocenters. The predicted octanol–water partition coefficient (Wildman–Crippen LogP) is 2.52. The van der Waals surface area contributed by atoms with Crippen LogP contribution in [0.15, 0.2) is 24.3 Å². The van der Waals surface area contributed by atoms with Crippen LogP contribution in [0.1, 0.15) is 26.7 Å². The van der Waals surface area contributed by atoms with Gasteiger partial charge in [0.25, 0.3) is 0 Å². The summed E-state index contributed by atoms with van der Waals surface area (Å²) >= 11 is 0. The molecule has 1 aromatic rings. The van der Waals surface area contributed by atoms with E-state index < -0.39 is 0 Å². The van der Waals surface area contributed by atoms with E-state index in [1.54, 1.807) is 0 Å². The predicted molar refractivity (Wildman–Crippen MR) is 85.9 cm³/mol. The molecule has 0 aromatic heterocycles. The van der Waals surface area contributed by atoms with E-state index in [4.69, 9.17) is 15.2 Å². The first-order chi connectivity index (χ1) is 10.2. The van der Waals surface area contributed by atoms with E-state index in [2.05, 4.69) is 11.8 Å². The first-order valence-electron chi connectivity index (χ1n) is 8.03. The van der Waals surface area contributed by atoms with Gasteiger partial charge >= 0.3 is 0 Å². The van der Waals surface area contributed by atoms with Crippen LogP contribution in [-0.4, -0.2) is 43.8 Å². The summed E-state index contributed by atoms with van der Waals surface area (Å²) in [6.45, 7) is 8.64. The van der Waals surface area contributed by atoms with Gasteiger partial charge in [-0.15, -0.1) is 0 Å². The molecule has 118 valence electrons. The summed E-state index contributed by atoms with van der Waals surface area (Å²) in [6.07, 6.45) is 2.49. The molecule has 0 amide bonds. The first kappa shape index (κ1) is 16.1. The van der Waals surface area contributed by atoms with Gasteiger partial charge in [0.2, 0.25) is 0 Å². The summed E-state index contributed by atoms with van der Waals surface area (Å²) in [5.41, 5.74) is 6.03. The van der Waals surface area contributed by atoms with Crippen molar-refractivity contribution in [3.63, 3.8) is 0 Å². The smallest absolute Gasteiger partial charge is 0.161 e. The number of ether oxygens (including phenoxy) is 2. The van der Waals surface area contributed by atoms with E-state index in [0.717, 1.165) is 31.1 Å². The summed E-state index contributed by atoms with van der Waals surface area (Å²) in [4.78, 5) is 2.46.